The van der Waals surface area contributed by atoms with Gasteiger partial charge >= 0.3 is 0 Å². The van der Waals surface area contributed by atoms with Crippen LogP contribution in [0.4, 0.5) is 4.39 Å². The number of carbonyl (C=O) groups excluding carboxylic acids is 1. The number of ether oxygens (including phenoxy) is 2. The van der Waals surface area contributed by atoms with Gasteiger partial charge in [-0.15, -0.1) is 0 Å². The Labute approximate surface area is 177 Å². The molecule has 0 radical (unpaired) electrons. The molecular formula is C23H15Cl2FO3. The fourth-order valence-corrected chi connectivity index (χ4v) is 3.58. The number of allylic oxidation sites excluding steroid dienone is 1. The smallest absolute Gasteiger partial charge is 0.232 e. The monoisotopic (exact) mass is 428 g/mol. The lowest BCUT2D eigenvalue weighted by molar-refractivity contribution is 0.101. The summed E-state index contributed by atoms with van der Waals surface area (Å²) in [7, 11) is 0. The van der Waals surface area contributed by atoms with E-state index in [9.17, 15) is 9.18 Å². The number of benzene rings is 3. The van der Waals surface area contributed by atoms with Crippen molar-refractivity contribution in [1.29, 1.82) is 0 Å². The summed E-state index contributed by atoms with van der Waals surface area (Å²) in [6.45, 7) is 2.01. The van der Waals surface area contributed by atoms with Crippen molar-refractivity contribution in [2.45, 2.75) is 13.5 Å². The highest BCUT2D eigenvalue weighted by Gasteiger charge is 2.30. The SMILES string of the molecule is Cc1cc(OCc2cccc(F)c2)cc2c1C(=O)/C(=C/c1ccc(Cl)cc1Cl)O2. The molecule has 0 unspecified atom stereocenters. The molecule has 0 aromatic heterocycles. The van der Waals surface area contributed by atoms with E-state index in [1.54, 1.807) is 48.5 Å². The van der Waals surface area contributed by atoms with Gasteiger partial charge in [-0.2, -0.15) is 0 Å². The largest absolute Gasteiger partial charge is 0.489 e. The molecule has 0 atom stereocenters. The van der Waals surface area contributed by atoms with Crippen molar-refractivity contribution < 1.29 is 18.7 Å². The molecule has 0 spiro atoms. The van der Waals surface area contributed by atoms with Crippen LogP contribution >= 0.6 is 23.2 Å². The first-order chi connectivity index (χ1) is 13.9. The van der Waals surface area contributed by atoms with Gasteiger partial charge in [0.25, 0.3) is 0 Å². The molecule has 29 heavy (non-hydrogen) atoms. The van der Waals surface area contributed by atoms with Gasteiger partial charge in [-0.25, -0.2) is 4.39 Å². The third kappa shape index (κ3) is 4.14. The first kappa shape index (κ1) is 19.5. The number of Topliss-reactive ketones (excluding diaryl/α,β-unsaturated/α-hetero) is 1. The third-order valence-electron chi connectivity index (χ3n) is 4.49. The normalized spacial score (nSPS) is 14.1. The van der Waals surface area contributed by atoms with E-state index < -0.39 is 0 Å². The van der Waals surface area contributed by atoms with E-state index in [0.717, 1.165) is 5.56 Å². The van der Waals surface area contributed by atoms with Crippen LogP contribution in [-0.2, 0) is 6.61 Å². The second-order valence-corrected chi connectivity index (χ2v) is 7.48. The topological polar surface area (TPSA) is 35.5 Å². The molecule has 1 aliphatic heterocycles. The Kier molecular flexibility index (Phi) is 5.31. The summed E-state index contributed by atoms with van der Waals surface area (Å²) in [4.78, 5) is 12.8. The van der Waals surface area contributed by atoms with Crippen molar-refractivity contribution >= 4 is 35.1 Å². The Bertz CT molecular complexity index is 1150. The van der Waals surface area contributed by atoms with E-state index in [1.807, 2.05) is 6.92 Å². The van der Waals surface area contributed by atoms with E-state index in [1.165, 1.54) is 12.1 Å². The van der Waals surface area contributed by atoms with E-state index in [-0.39, 0.29) is 24.0 Å². The highest BCUT2D eigenvalue weighted by Crippen LogP contribution is 2.38. The summed E-state index contributed by atoms with van der Waals surface area (Å²) in [5.74, 6) is 0.584. The first-order valence-corrected chi connectivity index (χ1v) is 9.57. The fraction of sp³-hybridized carbons (Fsp3) is 0.0870. The molecule has 3 nitrogen and oxygen atoms in total. The quantitative estimate of drug-likeness (QED) is 0.437. The summed E-state index contributed by atoms with van der Waals surface area (Å²) >= 11 is 12.1. The highest BCUT2D eigenvalue weighted by molar-refractivity contribution is 6.35. The lowest BCUT2D eigenvalue weighted by Crippen LogP contribution is -2.00. The molecule has 3 aromatic carbocycles. The number of ketones is 1. The Hall–Kier alpha value is -2.82. The molecule has 0 aliphatic carbocycles. The predicted octanol–water partition coefficient (Wildman–Crippen LogP) is 6.64. The lowest BCUT2D eigenvalue weighted by Gasteiger charge is -2.09. The maximum Gasteiger partial charge on any atom is 0.232 e. The number of fused-ring (bicyclic) bond motifs is 1. The summed E-state index contributed by atoms with van der Waals surface area (Å²) in [6, 6.07) is 14.6. The van der Waals surface area contributed by atoms with Crippen molar-refractivity contribution in [3.63, 3.8) is 0 Å². The minimum absolute atomic E-state index is 0.176. The zero-order valence-electron chi connectivity index (χ0n) is 15.3. The molecule has 3 aromatic rings. The molecule has 0 N–H and O–H groups in total. The van der Waals surface area contributed by atoms with Gasteiger partial charge in [-0.1, -0.05) is 41.4 Å². The summed E-state index contributed by atoms with van der Waals surface area (Å²) in [5, 5.41) is 0.934. The third-order valence-corrected chi connectivity index (χ3v) is 5.05. The maximum absolute atomic E-state index is 13.3. The number of aryl methyl sites for hydroxylation is 1. The Balaban J connectivity index is 1.58. The summed E-state index contributed by atoms with van der Waals surface area (Å²) in [5.41, 5.74) is 2.55. The van der Waals surface area contributed by atoms with Crippen LogP contribution in [-0.4, -0.2) is 5.78 Å². The second kappa shape index (κ2) is 7.90. The number of carbonyl (C=O) groups is 1. The van der Waals surface area contributed by atoms with E-state index in [2.05, 4.69) is 0 Å². The number of halogens is 3. The molecule has 0 saturated carbocycles. The molecule has 6 heteroatoms. The van der Waals surface area contributed by atoms with Crippen LogP contribution in [0.15, 0.2) is 60.4 Å². The minimum atomic E-state index is -0.319. The molecule has 0 saturated heterocycles. The summed E-state index contributed by atoms with van der Waals surface area (Å²) in [6.07, 6.45) is 1.59. The van der Waals surface area contributed by atoms with Crippen LogP contribution in [0.1, 0.15) is 27.0 Å². The zero-order valence-corrected chi connectivity index (χ0v) is 16.9. The number of hydrogen-bond donors (Lipinski definition) is 0. The van der Waals surface area contributed by atoms with Gasteiger partial charge in [0, 0.05) is 16.1 Å². The van der Waals surface area contributed by atoms with Crippen LogP contribution in [0.2, 0.25) is 10.0 Å². The molecule has 0 fully saturated rings. The Morgan fingerprint density at radius 1 is 1.10 bits per heavy atom. The van der Waals surface area contributed by atoms with Gasteiger partial charge in [0.05, 0.1) is 5.56 Å². The standard InChI is InChI=1S/C23H15Cl2FO3/c1-13-7-18(28-12-14-3-2-4-17(26)8-14)11-20-22(13)23(27)21(29-20)9-15-5-6-16(24)10-19(15)25/h2-11H,12H2,1H3/b21-9-. The zero-order chi connectivity index (χ0) is 20.5. The van der Waals surface area contributed by atoms with E-state index >= 15 is 0 Å². The number of hydrogen-bond acceptors (Lipinski definition) is 3. The average molecular weight is 429 g/mol. The Morgan fingerprint density at radius 3 is 2.69 bits per heavy atom. The van der Waals surface area contributed by atoms with Gasteiger partial charge in [0.15, 0.2) is 5.76 Å². The molecule has 1 aliphatic rings. The molecular weight excluding hydrogens is 414 g/mol. The van der Waals surface area contributed by atoms with Gasteiger partial charge in [-0.3, -0.25) is 4.79 Å². The molecule has 0 bridgehead atoms. The summed E-state index contributed by atoms with van der Waals surface area (Å²) < 4.78 is 24.9. The van der Waals surface area contributed by atoms with Gasteiger partial charge < -0.3 is 9.47 Å². The molecule has 4 rings (SSSR count). The van der Waals surface area contributed by atoms with Crippen LogP contribution < -0.4 is 9.47 Å². The average Bonchev–Trinajstić information content (AvgIpc) is 2.98. The second-order valence-electron chi connectivity index (χ2n) is 6.64. The highest BCUT2D eigenvalue weighted by atomic mass is 35.5. The van der Waals surface area contributed by atoms with Gasteiger partial charge in [0.1, 0.15) is 23.9 Å². The van der Waals surface area contributed by atoms with Crippen molar-refractivity contribution in [2.24, 2.45) is 0 Å². The van der Waals surface area contributed by atoms with Crippen molar-refractivity contribution in [3.8, 4) is 11.5 Å². The first-order valence-electron chi connectivity index (χ1n) is 8.82. The lowest BCUT2D eigenvalue weighted by atomic mass is 10.0. The van der Waals surface area contributed by atoms with E-state index in [4.69, 9.17) is 32.7 Å². The van der Waals surface area contributed by atoms with Gasteiger partial charge in [-0.05, 0) is 60.0 Å². The Morgan fingerprint density at radius 2 is 1.93 bits per heavy atom. The predicted molar refractivity (Wildman–Crippen MR) is 111 cm³/mol. The molecule has 146 valence electrons. The molecule has 0 amide bonds. The van der Waals surface area contributed by atoms with Crippen LogP contribution in [0.3, 0.4) is 0 Å². The van der Waals surface area contributed by atoms with Crippen LogP contribution in [0.25, 0.3) is 6.08 Å². The van der Waals surface area contributed by atoms with Crippen molar-refractivity contribution in [3.05, 3.63) is 98.5 Å². The van der Waals surface area contributed by atoms with Crippen LogP contribution in [0.5, 0.6) is 11.5 Å². The maximum atomic E-state index is 13.3. The van der Waals surface area contributed by atoms with Crippen molar-refractivity contribution in [1.82, 2.24) is 0 Å². The number of rotatable bonds is 4. The molecule has 1 heterocycles. The van der Waals surface area contributed by atoms with E-state index in [0.29, 0.717) is 38.2 Å². The fourth-order valence-electron chi connectivity index (χ4n) is 3.11. The van der Waals surface area contributed by atoms with Gasteiger partial charge in [0.2, 0.25) is 5.78 Å². The minimum Gasteiger partial charge on any atom is -0.489 e. The van der Waals surface area contributed by atoms with Crippen molar-refractivity contribution in [2.75, 3.05) is 0 Å². The van der Waals surface area contributed by atoms with Crippen LogP contribution in [0, 0.1) is 12.7 Å².